The molecule has 0 aliphatic heterocycles. The Bertz CT molecular complexity index is 1350. The number of hydrogen-bond acceptors (Lipinski definition) is 5. The van der Waals surface area contributed by atoms with Crippen LogP contribution in [-0.4, -0.2) is 36.5 Å². The van der Waals surface area contributed by atoms with Gasteiger partial charge in [0, 0.05) is 30.2 Å². The minimum absolute atomic E-state index is 0.242. The van der Waals surface area contributed by atoms with Gasteiger partial charge in [0.1, 0.15) is 11.3 Å². The van der Waals surface area contributed by atoms with Gasteiger partial charge in [-0.2, -0.15) is 5.10 Å². The predicted molar refractivity (Wildman–Crippen MR) is 135 cm³/mol. The van der Waals surface area contributed by atoms with Crippen LogP contribution in [0.1, 0.15) is 63.5 Å². The lowest BCUT2D eigenvalue weighted by Gasteiger charge is -2.21. The molecule has 1 aliphatic carbocycles. The number of nitrogens with zero attached hydrogens (tertiary/aromatic N) is 4. The first kappa shape index (κ1) is 22.8. The second-order valence-corrected chi connectivity index (χ2v) is 9.32. The van der Waals surface area contributed by atoms with Crippen LogP contribution >= 0.6 is 0 Å². The Morgan fingerprint density at radius 2 is 1.83 bits per heavy atom. The molecule has 0 bridgehead atoms. The Morgan fingerprint density at radius 3 is 2.54 bits per heavy atom. The molecule has 9 heteroatoms. The van der Waals surface area contributed by atoms with Crippen LogP contribution in [0, 0.1) is 0 Å². The highest BCUT2D eigenvalue weighted by Gasteiger charge is 2.19. The van der Waals surface area contributed by atoms with Gasteiger partial charge in [0.2, 0.25) is 0 Å². The van der Waals surface area contributed by atoms with Gasteiger partial charge in [-0.25, -0.2) is 9.97 Å². The van der Waals surface area contributed by atoms with E-state index in [0.29, 0.717) is 22.9 Å². The first-order chi connectivity index (χ1) is 17.0. The molecular weight excluding hydrogens is 442 g/mol. The largest absolute Gasteiger partial charge is 0.358 e. The number of carbonyl (C=O) groups is 2. The van der Waals surface area contributed by atoms with Crippen molar-refractivity contribution in [1.29, 1.82) is 0 Å². The monoisotopic (exact) mass is 471 g/mol. The summed E-state index contributed by atoms with van der Waals surface area (Å²) in [5, 5.41) is 9.60. The third-order valence-electron chi connectivity index (χ3n) is 6.51. The van der Waals surface area contributed by atoms with Gasteiger partial charge in [-0.15, -0.1) is 0 Å². The van der Waals surface area contributed by atoms with Gasteiger partial charge in [-0.05, 0) is 56.4 Å². The summed E-state index contributed by atoms with van der Waals surface area (Å²) in [6.07, 6.45) is 13.3. The molecule has 9 nitrogen and oxygen atoms in total. The number of nitrogens with one attached hydrogen (secondary N) is 3. The number of hydrogen-bond donors (Lipinski definition) is 3. The lowest BCUT2D eigenvalue weighted by atomic mass is 9.85. The maximum atomic E-state index is 12.6. The van der Waals surface area contributed by atoms with E-state index in [1.807, 2.05) is 29.1 Å². The van der Waals surface area contributed by atoms with Crippen molar-refractivity contribution in [2.45, 2.75) is 57.9 Å². The smallest absolute Gasteiger partial charge is 0.315 e. The van der Waals surface area contributed by atoms with E-state index in [9.17, 15) is 9.59 Å². The quantitative estimate of drug-likeness (QED) is 0.353. The fraction of sp³-hybridized carbons (Fsp3) is 0.346. The standard InChI is InChI=1S/C26H29N7O2/c1-16(2)33-15-19(13-29-33)20-9-10-21-24(30-20)22(14-27-21)31-25(34)26(35)32-23-11-8-18(12-28-23)17-6-4-3-5-7-17/h8-17,27H,3-7H2,1-2H3,(H,31,34)(H,28,32,35). The van der Waals surface area contributed by atoms with Gasteiger partial charge in [0.25, 0.3) is 0 Å². The molecule has 5 rings (SSSR count). The summed E-state index contributed by atoms with van der Waals surface area (Å²) in [5.41, 5.74) is 4.54. The summed E-state index contributed by atoms with van der Waals surface area (Å²) in [7, 11) is 0. The van der Waals surface area contributed by atoms with Crippen molar-refractivity contribution in [1.82, 2.24) is 24.7 Å². The number of pyridine rings is 2. The molecule has 3 N–H and O–H groups in total. The molecule has 180 valence electrons. The van der Waals surface area contributed by atoms with Gasteiger partial charge in [0.15, 0.2) is 0 Å². The van der Waals surface area contributed by atoms with Gasteiger partial charge >= 0.3 is 11.8 Å². The second kappa shape index (κ2) is 9.69. The Morgan fingerprint density at radius 1 is 1.03 bits per heavy atom. The topological polar surface area (TPSA) is 118 Å². The van der Waals surface area contributed by atoms with E-state index in [2.05, 4.69) is 44.5 Å². The maximum Gasteiger partial charge on any atom is 0.315 e. The third kappa shape index (κ3) is 4.94. The van der Waals surface area contributed by atoms with E-state index in [1.54, 1.807) is 24.7 Å². The number of rotatable bonds is 5. The van der Waals surface area contributed by atoms with Crippen LogP contribution in [0.3, 0.4) is 0 Å². The van der Waals surface area contributed by atoms with Gasteiger partial charge < -0.3 is 15.6 Å². The highest BCUT2D eigenvalue weighted by Crippen LogP contribution is 2.32. The Labute approximate surface area is 203 Å². The van der Waals surface area contributed by atoms with Crippen molar-refractivity contribution in [2.24, 2.45) is 0 Å². The van der Waals surface area contributed by atoms with Crippen LogP contribution in [0.5, 0.6) is 0 Å². The molecule has 35 heavy (non-hydrogen) atoms. The number of amides is 2. The Kier molecular flexibility index (Phi) is 6.31. The molecule has 0 aromatic carbocycles. The highest BCUT2D eigenvalue weighted by atomic mass is 16.2. The molecule has 4 aromatic heterocycles. The van der Waals surface area contributed by atoms with Crippen LogP contribution < -0.4 is 10.6 Å². The number of aromatic amines is 1. The molecule has 1 aliphatic rings. The summed E-state index contributed by atoms with van der Waals surface area (Å²) in [5.74, 6) is -0.690. The molecule has 1 saturated carbocycles. The van der Waals surface area contributed by atoms with Crippen molar-refractivity contribution in [3.05, 3.63) is 54.6 Å². The van der Waals surface area contributed by atoms with E-state index in [-0.39, 0.29) is 6.04 Å². The highest BCUT2D eigenvalue weighted by molar-refractivity contribution is 6.44. The third-order valence-corrected chi connectivity index (χ3v) is 6.51. The van der Waals surface area contributed by atoms with Crippen LogP contribution in [0.4, 0.5) is 11.5 Å². The summed E-state index contributed by atoms with van der Waals surface area (Å²) in [4.78, 5) is 37.2. The molecule has 0 atom stereocenters. The second-order valence-electron chi connectivity index (χ2n) is 9.32. The molecule has 0 radical (unpaired) electrons. The van der Waals surface area contributed by atoms with Gasteiger partial charge in [-0.1, -0.05) is 25.3 Å². The fourth-order valence-electron chi connectivity index (χ4n) is 4.52. The van der Waals surface area contributed by atoms with Crippen molar-refractivity contribution in [3.8, 4) is 11.3 Å². The summed E-state index contributed by atoms with van der Waals surface area (Å²) < 4.78 is 1.86. The Hall–Kier alpha value is -4.01. The van der Waals surface area contributed by atoms with E-state index in [4.69, 9.17) is 0 Å². The minimum atomic E-state index is -0.788. The zero-order chi connectivity index (χ0) is 24.4. The van der Waals surface area contributed by atoms with Crippen LogP contribution in [0.2, 0.25) is 0 Å². The fourth-order valence-corrected chi connectivity index (χ4v) is 4.52. The molecule has 0 spiro atoms. The first-order valence-electron chi connectivity index (χ1n) is 12.1. The van der Waals surface area contributed by atoms with Crippen molar-refractivity contribution in [2.75, 3.05) is 10.6 Å². The summed E-state index contributed by atoms with van der Waals surface area (Å²) >= 11 is 0. The zero-order valence-electron chi connectivity index (χ0n) is 19.9. The van der Waals surface area contributed by atoms with Gasteiger partial charge in [-0.3, -0.25) is 14.3 Å². The maximum absolute atomic E-state index is 12.6. The molecule has 4 heterocycles. The molecule has 2 amide bonds. The van der Waals surface area contributed by atoms with Crippen molar-refractivity contribution < 1.29 is 9.59 Å². The Balaban J connectivity index is 1.26. The SMILES string of the molecule is CC(C)n1cc(-c2ccc3[nH]cc(NC(=O)C(=O)Nc4ccc(C5CCCCC5)cn4)c3n2)cn1. The lowest BCUT2D eigenvalue weighted by Crippen LogP contribution is -2.29. The summed E-state index contributed by atoms with van der Waals surface area (Å²) in [6, 6.07) is 7.76. The van der Waals surface area contributed by atoms with Crippen LogP contribution in [-0.2, 0) is 9.59 Å². The number of carbonyl (C=O) groups excluding carboxylic acids is 2. The van der Waals surface area contributed by atoms with Crippen LogP contribution in [0.25, 0.3) is 22.3 Å². The average Bonchev–Trinajstić information content (AvgIpc) is 3.53. The number of aromatic nitrogens is 5. The molecule has 1 fully saturated rings. The number of H-pyrrole nitrogens is 1. The first-order valence-corrected chi connectivity index (χ1v) is 12.1. The number of fused-ring (bicyclic) bond motifs is 1. The minimum Gasteiger partial charge on any atom is -0.358 e. The van der Waals surface area contributed by atoms with Crippen molar-refractivity contribution >= 4 is 34.4 Å². The molecule has 0 saturated heterocycles. The van der Waals surface area contributed by atoms with Gasteiger partial charge in [0.05, 0.1) is 23.1 Å². The normalized spacial score (nSPS) is 14.4. The summed E-state index contributed by atoms with van der Waals surface area (Å²) in [6.45, 7) is 4.11. The average molecular weight is 472 g/mol. The molecule has 0 unspecified atom stereocenters. The predicted octanol–water partition coefficient (Wildman–Crippen LogP) is 5.03. The van der Waals surface area contributed by atoms with E-state index >= 15 is 0 Å². The zero-order valence-corrected chi connectivity index (χ0v) is 19.9. The van der Waals surface area contributed by atoms with Crippen LogP contribution in [0.15, 0.2) is 49.1 Å². The molecule has 4 aromatic rings. The van der Waals surface area contributed by atoms with Crippen molar-refractivity contribution in [3.63, 3.8) is 0 Å². The number of anilines is 2. The van der Waals surface area contributed by atoms with E-state index in [0.717, 1.165) is 16.8 Å². The molecular formula is C26H29N7O2. The van der Waals surface area contributed by atoms with E-state index in [1.165, 1.54) is 37.7 Å². The lowest BCUT2D eigenvalue weighted by molar-refractivity contribution is -0.133. The van der Waals surface area contributed by atoms with E-state index < -0.39 is 11.8 Å².